The fourth-order valence-corrected chi connectivity index (χ4v) is 1.75. The standard InChI is InChI=1S/C11H17N7O/c1-3-4-8-10(14-6-15-11(8)17-12)13-5-9-16-7(2)19-18-9/h6H,3-5,12H2,1-2H3,(H2,13,14,15,17). The van der Waals surface area contributed by atoms with E-state index in [0.29, 0.717) is 24.1 Å². The number of hydrogen-bond acceptors (Lipinski definition) is 8. The van der Waals surface area contributed by atoms with Gasteiger partial charge in [0.15, 0.2) is 5.82 Å². The Morgan fingerprint density at radius 3 is 2.74 bits per heavy atom. The first-order valence-corrected chi connectivity index (χ1v) is 6.08. The average molecular weight is 263 g/mol. The summed E-state index contributed by atoms with van der Waals surface area (Å²) in [4.78, 5) is 12.4. The summed E-state index contributed by atoms with van der Waals surface area (Å²) in [5, 5.41) is 6.99. The van der Waals surface area contributed by atoms with Crippen molar-refractivity contribution in [3.05, 3.63) is 23.6 Å². The van der Waals surface area contributed by atoms with Gasteiger partial charge in [0.1, 0.15) is 18.0 Å². The third-order valence-corrected chi connectivity index (χ3v) is 2.57. The molecule has 2 aromatic heterocycles. The van der Waals surface area contributed by atoms with Gasteiger partial charge in [-0.1, -0.05) is 18.5 Å². The van der Waals surface area contributed by atoms with Gasteiger partial charge in [0.2, 0.25) is 5.89 Å². The number of nitrogen functional groups attached to an aromatic ring is 1. The Balaban J connectivity index is 2.14. The van der Waals surface area contributed by atoms with E-state index in [9.17, 15) is 0 Å². The van der Waals surface area contributed by atoms with Crippen LogP contribution < -0.4 is 16.6 Å². The second-order valence-corrected chi connectivity index (χ2v) is 4.03. The number of aryl methyl sites for hydroxylation is 1. The number of nitrogens with two attached hydrogens (primary N) is 1. The predicted molar refractivity (Wildman–Crippen MR) is 70.2 cm³/mol. The van der Waals surface area contributed by atoms with Crippen LogP contribution in [0.25, 0.3) is 0 Å². The van der Waals surface area contributed by atoms with Crippen LogP contribution in [0.4, 0.5) is 11.6 Å². The van der Waals surface area contributed by atoms with Crippen molar-refractivity contribution in [3.63, 3.8) is 0 Å². The van der Waals surface area contributed by atoms with Crippen LogP contribution >= 0.6 is 0 Å². The molecule has 0 bridgehead atoms. The van der Waals surface area contributed by atoms with E-state index < -0.39 is 0 Å². The molecule has 8 heteroatoms. The summed E-state index contributed by atoms with van der Waals surface area (Å²) in [5.41, 5.74) is 3.53. The average Bonchev–Trinajstić information content (AvgIpc) is 2.83. The molecular weight excluding hydrogens is 246 g/mol. The maximum atomic E-state index is 5.45. The van der Waals surface area contributed by atoms with Crippen LogP contribution in [0.15, 0.2) is 10.9 Å². The van der Waals surface area contributed by atoms with Crippen LogP contribution in [0, 0.1) is 6.92 Å². The topological polar surface area (TPSA) is 115 Å². The Hall–Kier alpha value is -2.22. The van der Waals surface area contributed by atoms with Crippen molar-refractivity contribution in [2.24, 2.45) is 5.84 Å². The van der Waals surface area contributed by atoms with Gasteiger partial charge in [0, 0.05) is 12.5 Å². The molecule has 0 spiro atoms. The van der Waals surface area contributed by atoms with Gasteiger partial charge in [-0.05, 0) is 6.42 Å². The minimum absolute atomic E-state index is 0.440. The van der Waals surface area contributed by atoms with Crippen molar-refractivity contribution < 1.29 is 4.52 Å². The van der Waals surface area contributed by atoms with Gasteiger partial charge >= 0.3 is 0 Å². The van der Waals surface area contributed by atoms with Crippen molar-refractivity contribution in [1.29, 1.82) is 0 Å². The summed E-state index contributed by atoms with van der Waals surface area (Å²) < 4.78 is 4.91. The Labute approximate surface area is 110 Å². The Bertz CT molecular complexity index is 540. The lowest BCUT2D eigenvalue weighted by atomic mass is 10.1. The first kappa shape index (κ1) is 13.2. The highest BCUT2D eigenvalue weighted by Crippen LogP contribution is 2.21. The van der Waals surface area contributed by atoms with Crippen LogP contribution in [0.5, 0.6) is 0 Å². The van der Waals surface area contributed by atoms with E-state index in [2.05, 4.69) is 37.8 Å². The second kappa shape index (κ2) is 6.10. The number of nitrogens with zero attached hydrogens (tertiary/aromatic N) is 4. The predicted octanol–water partition coefficient (Wildman–Crippen LogP) is 1.02. The zero-order valence-electron chi connectivity index (χ0n) is 11.0. The molecule has 0 fully saturated rings. The van der Waals surface area contributed by atoms with Gasteiger partial charge in [-0.25, -0.2) is 15.8 Å². The summed E-state index contributed by atoms with van der Waals surface area (Å²) in [6, 6.07) is 0. The molecule has 2 aromatic rings. The normalized spacial score (nSPS) is 10.5. The van der Waals surface area contributed by atoms with Gasteiger partial charge in [-0.3, -0.25) is 0 Å². The van der Waals surface area contributed by atoms with E-state index in [1.165, 1.54) is 6.33 Å². The van der Waals surface area contributed by atoms with Crippen molar-refractivity contribution in [3.8, 4) is 0 Å². The molecule has 0 amide bonds. The zero-order valence-corrected chi connectivity index (χ0v) is 11.0. The highest BCUT2D eigenvalue weighted by atomic mass is 16.5. The van der Waals surface area contributed by atoms with E-state index >= 15 is 0 Å². The third-order valence-electron chi connectivity index (χ3n) is 2.57. The van der Waals surface area contributed by atoms with Crippen molar-refractivity contribution in [1.82, 2.24) is 20.1 Å². The quantitative estimate of drug-likeness (QED) is 0.522. The molecular formula is C11H17N7O. The number of hydrogen-bond donors (Lipinski definition) is 3. The lowest BCUT2D eigenvalue weighted by Gasteiger charge is -2.12. The molecule has 0 aromatic carbocycles. The maximum Gasteiger partial charge on any atom is 0.223 e. The van der Waals surface area contributed by atoms with E-state index in [4.69, 9.17) is 10.4 Å². The lowest BCUT2D eigenvalue weighted by molar-refractivity contribution is 0.388. The second-order valence-electron chi connectivity index (χ2n) is 4.03. The van der Waals surface area contributed by atoms with Gasteiger partial charge < -0.3 is 15.3 Å². The molecule has 0 atom stereocenters. The van der Waals surface area contributed by atoms with Crippen LogP contribution in [0.2, 0.25) is 0 Å². The highest BCUT2D eigenvalue weighted by molar-refractivity contribution is 5.56. The van der Waals surface area contributed by atoms with Crippen molar-refractivity contribution in [2.75, 3.05) is 10.7 Å². The van der Waals surface area contributed by atoms with E-state index in [-0.39, 0.29) is 0 Å². The molecule has 0 saturated heterocycles. The molecule has 0 unspecified atom stereocenters. The molecule has 19 heavy (non-hydrogen) atoms. The van der Waals surface area contributed by atoms with Gasteiger partial charge in [-0.2, -0.15) is 4.98 Å². The molecule has 2 heterocycles. The van der Waals surface area contributed by atoms with Crippen LogP contribution in [0.3, 0.4) is 0 Å². The highest BCUT2D eigenvalue weighted by Gasteiger charge is 2.10. The number of anilines is 2. The van der Waals surface area contributed by atoms with E-state index in [1.807, 2.05) is 0 Å². The molecule has 0 aliphatic rings. The molecule has 0 aliphatic carbocycles. The minimum Gasteiger partial charge on any atom is -0.362 e. The molecule has 0 aliphatic heterocycles. The smallest absolute Gasteiger partial charge is 0.223 e. The summed E-state index contributed by atoms with van der Waals surface area (Å²) in [6.07, 6.45) is 3.25. The summed E-state index contributed by atoms with van der Waals surface area (Å²) >= 11 is 0. The summed E-state index contributed by atoms with van der Waals surface area (Å²) in [7, 11) is 0. The molecule has 2 rings (SSSR count). The first-order valence-electron chi connectivity index (χ1n) is 6.08. The fraction of sp³-hybridized carbons (Fsp3) is 0.455. The SMILES string of the molecule is CCCc1c(NN)ncnc1NCc1noc(C)n1. The van der Waals surface area contributed by atoms with Gasteiger partial charge in [0.25, 0.3) is 0 Å². The van der Waals surface area contributed by atoms with Crippen LogP contribution in [0.1, 0.15) is 30.6 Å². The molecule has 8 nitrogen and oxygen atoms in total. The molecule has 102 valence electrons. The number of hydrazine groups is 1. The summed E-state index contributed by atoms with van der Waals surface area (Å²) in [5.74, 6) is 7.93. The maximum absolute atomic E-state index is 5.45. The largest absolute Gasteiger partial charge is 0.362 e. The molecule has 0 radical (unpaired) electrons. The first-order chi connectivity index (χ1) is 9.24. The van der Waals surface area contributed by atoms with Gasteiger partial charge in [-0.15, -0.1) is 0 Å². The zero-order chi connectivity index (χ0) is 13.7. The number of nitrogens with one attached hydrogen (secondary N) is 2. The Kier molecular flexibility index (Phi) is 4.24. The van der Waals surface area contributed by atoms with E-state index in [1.54, 1.807) is 6.92 Å². The van der Waals surface area contributed by atoms with E-state index in [0.717, 1.165) is 24.2 Å². The fourth-order valence-electron chi connectivity index (χ4n) is 1.75. The van der Waals surface area contributed by atoms with Crippen LogP contribution in [-0.2, 0) is 13.0 Å². The third kappa shape index (κ3) is 3.16. The minimum atomic E-state index is 0.440. The number of aromatic nitrogens is 4. The Morgan fingerprint density at radius 2 is 2.11 bits per heavy atom. The van der Waals surface area contributed by atoms with Crippen molar-refractivity contribution >= 4 is 11.6 Å². The Morgan fingerprint density at radius 1 is 1.32 bits per heavy atom. The van der Waals surface area contributed by atoms with Crippen molar-refractivity contribution in [2.45, 2.75) is 33.2 Å². The number of rotatable bonds is 6. The van der Waals surface area contributed by atoms with Crippen LogP contribution in [-0.4, -0.2) is 20.1 Å². The molecule has 0 saturated carbocycles. The summed E-state index contributed by atoms with van der Waals surface area (Å²) in [6.45, 7) is 4.27. The lowest BCUT2D eigenvalue weighted by Crippen LogP contribution is -2.14. The van der Waals surface area contributed by atoms with Gasteiger partial charge in [0.05, 0.1) is 6.54 Å². The molecule has 4 N–H and O–H groups in total. The monoisotopic (exact) mass is 263 g/mol.